The fourth-order valence-electron chi connectivity index (χ4n) is 6.77. The molecule has 0 aromatic heterocycles. The zero-order valence-electron chi connectivity index (χ0n) is 18.5. The lowest BCUT2D eigenvalue weighted by atomic mass is 9.60. The van der Waals surface area contributed by atoms with Gasteiger partial charge < -0.3 is 9.84 Å². The topological polar surface area (TPSA) is 63.6 Å². The van der Waals surface area contributed by atoms with E-state index in [0.29, 0.717) is 32.1 Å². The molecule has 1 aliphatic heterocycles. The van der Waals surface area contributed by atoms with Gasteiger partial charge in [-0.2, -0.15) is 0 Å². The fraction of sp³-hybridized carbons (Fsp3) is 1.00. The summed E-state index contributed by atoms with van der Waals surface area (Å²) in [6.07, 6.45) is 6.60. The van der Waals surface area contributed by atoms with E-state index in [1.54, 1.807) is 7.11 Å². The first-order valence-electron chi connectivity index (χ1n) is 11.9. The molecule has 0 spiro atoms. The Balaban J connectivity index is 2.08. The summed E-state index contributed by atoms with van der Waals surface area (Å²) in [6, 6.07) is 0. The number of aliphatic hydroxyl groups is 1. The van der Waals surface area contributed by atoms with Crippen molar-refractivity contribution >= 4 is 9.84 Å². The van der Waals surface area contributed by atoms with Gasteiger partial charge in [-0.15, -0.1) is 0 Å². The monoisotopic (exact) mass is 432 g/mol. The Kier molecular flexibility index (Phi) is 7.70. The smallest absolute Gasteiger partial charge is 0.154 e. The number of hydrogen-bond donors (Lipinski definition) is 1. The van der Waals surface area contributed by atoms with Crippen LogP contribution in [0.5, 0.6) is 0 Å². The molecular formula is C23H41FO4S. The van der Waals surface area contributed by atoms with E-state index in [1.807, 2.05) is 6.92 Å². The van der Waals surface area contributed by atoms with E-state index in [9.17, 15) is 13.5 Å². The molecular weight excluding hydrogens is 391 g/mol. The van der Waals surface area contributed by atoms with E-state index >= 15 is 4.39 Å². The minimum Gasteiger partial charge on any atom is -0.392 e. The normalized spacial score (nSPS) is 45.3. The van der Waals surface area contributed by atoms with Gasteiger partial charge >= 0.3 is 0 Å². The summed E-state index contributed by atoms with van der Waals surface area (Å²) in [7, 11) is -1.68. The maximum absolute atomic E-state index is 15.2. The van der Waals surface area contributed by atoms with Crippen LogP contribution in [0.3, 0.4) is 0 Å². The number of unbranched alkanes of at least 4 members (excludes halogenated alkanes) is 1. The fourth-order valence-corrected chi connectivity index (χ4v) is 9.63. The third-order valence-electron chi connectivity index (χ3n) is 8.51. The Morgan fingerprint density at radius 1 is 1.10 bits per heavy atom. The quantitative estimate of drug-likeness (QED) is 0.661. The highest BCUT2D eigenvalue weighted by molar-refractivity contribution is 7.92. The molecule has 7 unspecified atom stereocenters. The van der Waals surface area contributed by atoms with Crippen LogP contribution in [0.25, 0.3) is 0 Å². The van der Waals surface area contributed by atoms with Gasteiger partial charge in [-0.1, -0.05) is 39.5 Å². The molecule has 6 heteroatoms. The molecule has 2 saturated carbocycles. The predicted octanol–water partition coefficient (Wildman–Crippen LogP) is 4.69. The van der Waals surface area contributed by atoms with Gasteiger partial charge in [0.2, 0.25) is 0 Å². The van der Waals surface area contributed by atoms with E-state index in [-0.39, 0.29) is 29.6 Å². The largest absolute Gasteiger partial charge is 0.392 e. The minimum atomic E-state index is -3.36. The van der Waals surface area contributed by atoms with Crippen LogP contribution >= 0.6 is 0 Å². The molecule has 1 saturated heterocycles. The highest BCUT2D eigenvalue weighted by Crippen LogP contribution is 2.53. The van der Waals surface area contributed by atoms with Crippen molar-refractivity contribution in [3.8, 4) is 0 Å². The lowest BCUT2D eigenvalue weighted by Gasteiger charge is -2.47. The number of sulfone groups is 1. The highest BCUT2D eigenvalue weighted by atomic mass is 32.2. The average Bonchev–Trinajstić information content (AvgIpc) is 2.78. The zero-order chi connectivity index (χ0) is 21.2. The van der Waals surface area contributed by atoms with Crippen molar-refractivity contribution in [2.45, 2.75) is 108 Å². The molecule has 0 radical (unpaired) electrons. The minimum absolute atomic E-state index is 0.00701. The first-order chi connectivity index (χ1) is 13.8. The number of aliphatic hydroxyl groups excluding tert-OH is 1. The van der Waals surface area contributed by atoms with E-state index in [2.05, 4.69) is 6.92 Å². The first-order valence-corrected chi connectivity index (χ1v) is 13.6. The van der Waals surface area contributed by atoms with Gasteiger partial charge in [0.1, 0.15) is 6.17 Å². The molecule has 4 nitrogen and oxygen atoms in total. The van der Waals surface area contributed by atoms with Crippen LogP contribution in [-0.2, 0) is 14.6 Å². The number of rotatable bonds is 6. The molecule has 170 valence electrons. The van der Waals surface area contributed by atoms with E-state index in [1.165, 1.54) is 0 Å². The van der Waals surface area contributed by atoms with Gasteiger partial charge in [0, 0.05) is 12.5 Å². The molecule has 1 N–H and O–H groups in total. The molecule has 0 amide bonds. The Bertz CT molecular complexity index is 639. The molecule has 3 aliphatic rings. The first kappa shape index (κ1) is 23.5. The van der Waals surface area contributed by atoms with Gasteiger partial charge in [-0.05, 0) is 62.7 Å². The van der Waals surface area contributed by atoms with Crippen LogP contribution in [0.15, 0.2) is 0 Å². The van der Waals surface area contributed by atoms with Crippen molar-refractivity contribution < 1.29 is 22.7 Å². The van der Waals surface area contributed by atoms with E-state index in [0.717, 1.165) is 38.5 Å². The van der Waals surface area contributed by atoms with Gasteiger partial charge in [0.15, 0.2) is 9.84 Å². The standard InChI is InChI=1S/C23H41FO4S/c1-4-6-13-23(5-2)15-29(26,27)20-12-11-16(28-3)14-18(20)21(22(23)25)17-9-7-8-10-19(17)24/h16-22,25H,4-15H2,1-3H3/t16?,17?,18?,19?,20?,21?,22?,23-/m1/s1. The molecule has 29 heavy (non-hydrogen) atoms. The molecule has 3 fully saturated rings. The van der Waals surface area contributed by atoms with Crippen molar-refractivity contribution in [3.63, 3.8) is 0 Å². The Labute approximate surface area is 176 Å². The van der Waals surface area contributed by atoms with Crippen molar-refractivity contribution in [2.24, 2.45) is 23.2 Å². The van der Waals surface area contributed by atoms with Crippen LogP contribution < -0.4 is 0 Å². The molecule has 2 aliphatic carbocycles. The van der Waals surface area contributed by atoms with Crippen LogP contribution in [0, 0.1) is 23.2 Å². The summed E-state index contributed by atoms with van der Waals surface area (Å²) in [5.41, 5.74) is -0.656. The number of halogens is 1. The third-order valence-corrected chi connectivity index (χ3v) is 11.0. The van der Waals surface area contributed by atoms with Gasteiger partial charge in [0.25, 0.3) is 0 Å². The summed E-state index contributed by atoms with van der Waals surface area (Å²) in [4.78, 5) is 0. The molecule has 3 rings (SSSR count). The molecule has 0 aromatic carbocycles. The number of alkyl halides is 1. The van der Waals surface area contributed by atoms with Crippen LogP contribution in [0.4, 0.5) is 4.39 Å². The van der Waals surface area contributed by atoms with E-state index in [4.69, 9.17) is 4.74 Å². The summed E-state index contributed by atoms with van der Waals surface area (Å²) >= 11 is 0. The predicted molar refractivity (Wildman–Crippen MR) is 114 cm³/mol. The summed E-state index contributed by atoms with van der Waals surface area (Å²) in [6.45, 7) is 4.10. The molecule has 0 aromatic rings. The molecule has 0 bridgehead atoms. The molecule has 1 heterocycles. The maximum atomic E-state index is 15.2. The van der Waals surface area contributed by atoms with Crippen molar-refractivity contribution in [2.75, 3.05) is 12.9 Å². The number of fused-ring (bicyclic) bond motifs is 1. The van der Waals surface area contributed by atoms with Gasteiger partial charge in [0.05, 0.1) is 23.2 Å². The van der Waals surface area contributed by atoms with Crippen molar-refractivity contribution in [1.82, 2.24) is 0 Å². The highest BCUT2D eigenvalue weighted by Gasteiger charge is 2.57. The van der Waals surface area contributed by atoms with Gasteiger partial charge in [-0.25, -0.2) is 12.8 Å². The molecule has 8 atom stereocenters. The summed E-state index contributed by atoms with van der Waals surface area (Å²) in [5, 5.41) is 11.4. The SMILES string of the molecule is CCCC[C@]1(CC)CS(=O)(=O)C2CCC(OC)CC2C(C2CCCCC2F)C1O. The van der Waals surface area contributed by atoms with Crippen LogP contribution in [-0.4, -0.2) is 50.0 Å². The third kappa shape index (κ3) is 4.55. The van der Waals surface area contributed by atoms with Crippen molar-refractivity contribution in [1.29, 1.82) is 0 Å². The summed E-state index contributed by atoms with van der Waals surface area (Å²) in [5.74, 6) is -0.674. The second kappa shape index (κ2) is 9.52. The van der Waals surface area contributed by atoms with Crippen molar-refractivity contribution in [3.05, 3.63) is 0 Å². The summed E-state index contributed by atoms with van der Waals surface area (Å²) < 4.78 is 48.0. The Morgan fingerprint density at radius 2 is 1.83 bits per heavy atom. The second-order valence-corrected chi connectivity index (χ2v) is 12.2. The van der Waals surface area contributed by atoms with Gasteiger partial charge in [-0.3, -0.25) is 0 Å². The zero-order valence-corrected chi connectivity index (χ0v) is 19.3. The number of ether oxygens (including phenoxy) is 1. The van der Waals surface area contributed by atoms with Crippen LogP contribution in [0.2, 0.25) is 0 Å². The number of hydrogen-bond acceptors (Lipinski definition) is 4. The maximum Gasteiger partial charge on any atom is 0.154 e. The number of methoxy groups -OCH3 is 1. The lowest BCUT2D eigenvalue weighted by Crippen LogP contribution is -2.50. The average molecular weight is 433 g/mol. The lowest BCUT2D eigenvalue weighted by molar-refractivity contribution is -0.0888. The van der Waals surface area contributed by atoms with E-state index < -0.39 is 32.8 Å². The van der Waals surface area contributed by atoms with Crippen LogP contribution in [0.1, 0.15) is 84.5 Å². The second-order valence-electron chi connectivity index (χ2n) is 9.99. The Hall–Kier alpha value is -0.200. The Morgan fingerprint density at radius 3 is 2.45 bits per heavy atom.